The van der Waals surface area contributed by atoms with E-state index in [9.17, 15) is 13.2 Å². The monoisotopic (exact) mass is 363 g/mol. The van der Waals surface area contributed by atoms with Crippen molar-refractivity contribution in [3.63, 3.8) is 0 Å². The van der Waals surface area contributed by atoms with E-state index in [0.29, 0.717) is 6.42 Å². The minimum Gasteiger partial charge on any atom is -0.372 e. The lowest BCUT2D eigenvalue weighted by atomic mass is 10.1. The third-order valence-electron chi connectivity index (χ3n) is 4.86. The van der Waals surface area contributed by atoms with Crippen LogP contribution in [0.15, 0.2) is 29.4 Å². The third kappa shape index (κ3) is 5.04. The maximum Gasteiger partial charge on any atom is 0.244 e. The summed E-state index contributed by atoms with van der Waals surface area (Å²) in [6, 6.07) is 8.13. The quantitative estimate of drug-likeness (QED) is 0.655. The summed E-state index contributed by atoms with van der Waals surface area (Å²) in [7, 11) is -3.05. The standard InChI is InChI=1S/C18H25N3O3S/c22-18(16-9-12-25(23,24)14-16)20-19-13-15-5-7-17(8-6-15)21-10-3-1-2-4-11-21/h5-8,13,16H,1-4,9-12,14H2,(H,20,22)/b19-13-/t16-/m0/s1. The van der Waals surface area contributed by atoms with Crippen LogP contribution in [0.1, 0.15) is 37.7 Å². The van der Waals surface area contributed by atoms with Gasteiger partial charge in [0.25, 0.3) is 0 Å². The molecule has 0 radical (unpaired) electrons. The Bertz CT molecular complexity index is 720. The van der Waals surface area contributed by atoms with Crippen LogP contribution < -0.4 is 10.3 Å². The van der Waals surface area contributed by atoms with E-state index in [2.05, 4.69) is 27.6 Å². The zero-order chi connectivity index (χ0) is 17.7. The highest BCUT2D eigenvalue weighted by atomic mass is 32.2. The fourth-order valence-corrected chi connectivity index (χ4v) is 5.10. The number of nitrogens with zero attached hydrogens (tertiary/aromatic N) is 2. The molecule has 2 heterocycles. The zero-order valence-corrected chi connectivity index (χ0v) is 15.2. The highest BCUT2D eigenvalue weighted by Crippen LogP contribution is 2.20. The summed E-state index contributed by atoms with van der Waals surface area (Å²) in [6.07, 6.45) is 7.08. The van der Waals surface area contributed by atoms with Crippen LogP contribution in [-0.4, -0.2) is 45.1 Å². The number of anilines is 1. The van der Waals surface area contributed by atoms with E-state index in [-0.39, 0.29) is 17.4 Å². The van der Waals surface area contributed by atoms with Crippen molar-refractivity contribution < 1.29 is 13.2 Å². The van der Waals surface area contributed by atoms with E-state index < -0.39 is 15.8 Å². The third-order valence-corrected chi connectivity index (χ3v) is 6.62. The van der Waals surface area contributed by atoms with Crippen LogP contribution in [0.2, 0.25) is 0 Å². The molecular formula is C18H25N3O3S. The van der Waals surface area contributed by atoms with Crippen molar-refractivity contribution in [3.05, 3.63) is 29.8 Å². The lowest BCUT2D eigenvalue weighted by Crippen LogP contribution is -2.27. The maximum atomic E-state index is 11.9. The van der Waals surface area contributed by atoms with Gasteiger partial charge >= 0.3 is 0 Å². The molecule has 0 bridgehead atoms. The molecule has 0 aliphatic carbocycles. The Morgan fingerprint density at radius 2 is 1.80 bits per heavy atom. The average molecular weight is 363 g/mol. The topological polar surface area (TPSA) is 78.8 Å². The van der Waals surface area contributed by atoms with Crippen molar-refractivity contribution in [2.75, 3.05) is 29.5 Å². The number of sulfone groups is 1. The molecule has 2 aliphatic rings. The van der Waals surface area contributed by atoms with Crippen LogP contribution in [0.4, 0.5) is 5.69 Å². The van der Waals surface area contributed by atoms with Crippen LogP contribution >= 0.6 is 0 Å². The molecule has 25 heavy (non-hydrogen) atoms. The van der Waals surface area contributed by atoms with Gasteiger partial charge in [-0.25, -0.2) is 13.8 Å². The Balaban J connectivity index is 1.52. The van der Waals surface area contributed by atoms with Gasteiger partial charge in [0.2, 0.25) is 5.91 Å². The fourth-order valence-electron chi connectivity index (χ4n) is 3.36. The first kappa shape index (κ1) is 17.9. The maximum absolute atomic E-state index is 11.9. The number of nitrogens with one attached hydrogen (secondary N) is 1. The summed E-state index contributed by atoms with van der Waals surface area (Å²) in [5.41, 5.74) is 4.58. The summed E-state index contributed by atoms with van der Waals surface area (Å²) in [5, 5.41) is 3.96. The molecule has 7 heteroatoms. The van der Waals surface area contributed by atoms with Gasteiger partial charge in [0.05, 0.1) is 23.6 Å². The van der Waals surface area contributed by atoms with Crippen molar-refractivity contribution >= 4 is 27.6 Å². The lowest BCUT2D eigenvalue weighted by Gasteiger charge is -2.22. The van der Waals surface area contributed by atoms with Crippen LogP contribution in [0.5, 0.6) is 0 Å². The summed E-state index contributed by atoms with van der Waals surface area (Å²) in [6.45, 7) is 2.21. The molecule has 0 aromatic heterocycles. The second-order valence-electron chi connectivity index (χ2n) is 6.83. The smallest absolute Gasteiger partial charge is 0.244 e. The molecule has 1 atom stereocenters. The predicted molar refractivity (Wildman–Crippen MR) is 99.6 cm³/mol. The Morgan fingerprint density at radius 3 is 2.40 bits per heavy atom. The van der Waals surface area contributed by atoms with Crippen molar-refractivity contribution in [2.45, 2.75) is 32.1 Å². The number of hydrogen-bond donors (Lipinski definition) is 1. The van der Waals surface area contributed by atoms with E-state index >= 15 is 0 Å². The number of rotatable bonds is 4. The SMILES string of the molecule is O=C(N/N=C\c1ccc(N2CCCCCC2)cc1)[C@H]1CCS(=O)(=O)C1. The Kier molecular flexibility index (Phi) is 5.73. The molecule has 0 spiro atoms. The van der Waals surface area contributed by atoms with Gasteiger partial charge < -0.3 is 4.90 Å². The molecule has 2 fully saturated rings. The van der Waals surface area contributed by atoms with Gasteiger partial charge in [-0.05, 0) is 37.0 Å². The molecule has 3 rings (SSSR count). The van der Waals surface area contributed by atoms with Gasteiger partial charge in [0.1, 0.15) is 0 Å². The fraction of sp³-hybridized carbons (Fsp3) is 0.556. The van der Waals surface area contributed by atoms with Gasteiger partial charge in [0.15, 0.2) is 9.84 Å². The van der Waals surface area contributed by atoms with Crippen molar-refractivity contribution in [3.8, 4) is 0 Å². The van der Waals surface area contributed by atoms with Crippen LogP contribution in [0.3, 0.4) is 0 Å². The molecule has 136 valence electrons. The van der Waals surface area contributed by atoms with E-state index in [1.54, 1.807) is 6.21 Å². The van der Waals surface area contributed by atoms with E-state index in [4.69, 9.17) is 0 Å². The molecular weight excluding hydrogens is 338 g/mol. The number of benzene rings is 1. The number of amides is 1. The summed E-state index contributed by atoms with van der Waals surface area (Å²) >= 11 is 0. The number of hydrazone groups is 1. The molecule has 1 aromatic carbocycles. The summed E-state index contributed by atoms with van der Waals surface area (Å²) in [4.78, 5) is 14.3. The first-order valence-electron chi connectivity index (χ1n) is 8.92. The normalized spacial score (nSPS) is 23.5. The van der Waals surface area contributed by atoms with E-state index in [0.717, 1.165) is 18.7 Å². The number of hydrogen-bond acceptors (Lipinski definition) is 5. The molecule has 2 saturated heterocycles. The minimum absolute atomic E-state index is 0.0706. The molecule has 1 N–H and O–H groups in total. The molecule has 0 saturated carbocycles. The van der Waals surface area contributed by atoms with Crippen LogP contribution in [-0.2, 0) is 14.6 Å². The summed E-state index contributed by atoms with van der Waals surface area (Å²) in [5.74, 6) is -0.780. The molecule has 1 amide bonds. The zero-order valence-electron chi connectivity index (χ0n) is 14.4. The lowest BCUT2D eigenvalue weighted by molar-refractivity contribution is -0.124. The highest BCUT2D eigenvalue weighted by Gasteiger charge is 2.32. The summed E-state index contributed by atoms with van der Waals surface area (Å²) < 4.78 is 22.8. The van der Waals surface area contributed by atoms with Crippen molar-refractivity contribution in [1.82, 2.24) is 5.43 Å². The molecule has 2 aliphatic heterocycles. The number of carbonyl (C=O) groups is 1. The molecule has 6 nitrogen and oxygen atoms in total. The van der Waals surface area contributed by atoms with E-state index in [1.807, 2.05) is 12.1 Å². The number of carbonyl (C=O) groups excluding carboxylic acids is 1. The molecule has 0 unspecified atom stereocenters. The van der Waals surface area contributed by atoms with Gasteiger partial charge in [-0.3, -0.25) is 4.79 Å². The van der Waals surface area contributed by atoms with E-state index in [1.165, 1.54) is 31.4 Å². The van der Waals surface area contributed by atoms with Gasteiger partial charge in [0, 0.05) is 18.8 Å². The Hall–Kier alpha value is -1.89. The predicted octanol–water partition coefficient (Wildman–Crippen LogP) is 1.95. The van der Waals surface area contributed by atoms with Crippen molar-refractivity contribution in [1.29, 1.82) is 0 Å². The van der Waals surface area contributed by atoms with Gasteiger partial charge in [-0.2, -0.15) is 5.10 Å². The van der Waals surface area contributed by atoms with Gasteiger partial charge in [-0.15, -0.1) is 0 Å². The van der Waals surface area contributed by atoms with Crippen molar-refractivity contribution in [2.24, 2.45) is 11.0 Å². The second-order valence-corrected chi connectivity index (χ2v) is 9.06. The Labute approximate surface area is 149 Å². The Morgan fingerprint density at radius 1 is 1.12 bits per heavy atom. The first-order valence-corrected chi connectivity index (χ1v) is 10.7. The first-order chi connectivity index (χ1) is 12.0. The molecule has 1 aromatic rings. The van der Waals surface area contributed by atoms with Crippen LogP contribution in [0, 0.1) is 5.92 Å². The average Bonchev–Trinajstić information content (AvgIpc) is 2.80. The van der Waals surface area contributed by atoms with Gasteiger partial charge in [-0.1, -0.05) is 25.0 Å². The second kappa shape index (κ2) is 7.99. The van der Waals surface area contributed by atoms with Crippen LogP contribution in [0.25, 0.3) is 0 Å². The largest absolute Gasteiger partial charge is 0.372 e. The minimum atomic E-state index is -3.05. The highest BCUT2D eigenvalue weighted by molar-refractivity contribution is 7.91.